The molecule has 0 saturated heterocycles. The number of pyridine rings is 1. The van der Waals surface area contributed by atoms with Crippen LogP contribution in [-0.4, -0.2) is 44.8 Å². The van der Waals surface area contributed by atoms with Crippen LogP contribution in [0, 0.1) is 5.92 Å². The average Bonchev–Trinajstić information content (AvgIpc) is 3.51. The number of carbonyl (C=O) groups is 2. The van der Waals surface area contributed by atoms with Crippen molar-refractivity contribution in [3.8, 4) is 10.6 Å². The highest BCUT2D eigenvalue weighted by Crippen LogP contribution is 2.25. The number of aromatic amines is 1. The van der Waals surface area contributed by atoms with Gasteiger partial charge in [0.1, 0.15) is 16.7 Å². The molecule has 0 bridgehead atoms. The van der Waals surface area contributed by atoms with Gasteiger partial charge in [-0.25, -0.2) is 9.97 Å². The van der Waals surface area contributed by atoms with Crippen molar-refractivity contribution in [2.75, 3.05) is 7.05 Å². The molecule has 11 heteroatoms. The van der Waals surface area contributed by atoms with Gasteiger partial charge in [0, 0.05) is 35.5 Å². The van der Waals surface area contributed by atoms with Crippen molar-refractivity contribution < 1.29 is 9.59 Å². The molecule has 0 saturated carbocycles. The summed E-state index contributed by atoms with van der Waals surface area (Å²) in [5.41, 5.74) is 3.60. The molecular formula is C23H26N6O3S2. The molecule has 3 aromatic rings. The Bertz CT molecular complexity index is 1250. The Labute approximate surface area is 205 Å². The maximum absolute atomic E-state index is 12.6. The van der Waals surface area contributed by atoms with Crippen LogP contribution in [0.2, 0.25) is 0 Å². The minimum absolute atomic E-state index is 0.0352. The first-order valence-electron chi connectivity index (χ1n) is 11.0. The second-order valence-electron chi connectivity index (χ2n) is 8.32. The first-order valence-corrected chi connectivity index (χ1v) is 12.9. The number of hydrogen-bond donors (Lipinski definition) is 3. The van der Waals surface area contributed by atoms with Crippen LogP contribution in [0.5, 0.6) is 0 Å². The highest BCUT2D eigenvalue weighted by molar-refractivity contribution is 7.98. The van der Waals surface area contributed by atoms with E-state index in [1.54, 1.807) is 18.6 Å². The number of H-pyrrole nitrogens is 1. The summed E-state index contributed by atoms with van der Waals surface area (Å²) in [6.45, 7) is 3.74. The molecule has 178 valence electrons. The molecular weight excluding hydrogens is 472 g/mol. The summed E-state index contributed by atoms with van der Waals surface area (Å²) in [7, 11) is 1.54. The first-order chi connectivity index (χ1) is 16.4. The molecule has 2 amide bonds. The molecule has 0 unspecified atom stereocenters. The number of likely N-dealkylation sites (N-methyl/N-ethyl adjacent to an activating group) is 1. The summed E-state index contributed by atoms with van der Waals surface area (Å²) < 4.78 is 0. The first kappa shape index (κ1) is 24.1. The fraction of sp³-hybridized carbons (Fsp3) is 0.391. The molecule has 1 aliphatic rings. The van der Waals surface area contributed by atoms with E-state index in [4.69, 9.17) is 0 Å². The zero-order chi connectivity index (χ0) is 24.2. The van der Waals surface area contributed by atoms with E-state index >= 15 is 0 Å². The topological polar surface area (TPSA) is 130 Å². The number of nitrogens with zero attached hydrogens (tertiary/aromatic N) is 3. The summed E-state index contributed by atoms with van der Waals surface area (Å²) in [5, 5.41) is 8.28. The summed E-state index contributed by atoms with van der Waals surface area (Å²) in [6.07, 6.45) is 4.36. The van der Waals surface area contributed by atoms with Gasteiger partial charge < -0.3 is 15.6 Å². The molecule has 1 aliphatic carbocycles. The lowest BCUT2D eigenvalue weighted by Crippen LogP contribution is -2.48. The number of amides is 2. The molecule has 0 aromatic carbocycles. The maximum Gasteiger partial charge on any atom is 0.271 e. The molecule has 9 nitrogen and oxygen atoms in total. The van der Waals surface area contributed by atoms with Gasteiger partial charge in [0.15, 0.2) is 5.16 Å². The molecule has 0 fully saturated rings. The summed E-state index contributed by atoms with van der Waals surface area (Å²) in [6, 6.07) is 3.18. The Kier molecular flexibility index (Phi) is 7.42. The van der Waals surface area contributed by atoms with E-state index in [-0.39, 0.29) is 29.0 Å². The van der Waals surface area contributed by atoms with Gasteiger partial charge in [0.25, 0.3) is 11.5 Å². The summed E-state index contributed by atoms with van der Waals surface area (Å²) in [5.74, 6) is -0.109. The lowest BCUT2D eigenvalue weighted by Gasteiger charge is -2.20. The van der Waals surface area contributed by atoms with Crippen molar-refractivity contribution in [3.05, 3.63) is 56.7 Å². The molecule has 4 rings (SSSR count). The molecule has 1 atom stereocenters. The van der Waals surface area contributed by atoms with E-state index in [2.05, 4.69) is 30.6 Å². The molecule has 3 heterocycles. The Morgan fingerprint density at radius 3 is 2.76 bits per heavy atom. The maximum atomic E-state index is 12.6. The summed E-state index contributed by atoms with van der Waals surface area (Å²) in [4.78, 5) is 53.1. The normalized spacial score (nSPS) is 13.5. The van der Waals surface area contributed by atoms with Gasteiger partial charge in [0.2, 0.25) is 5.91 Å². The van der Waals surface area contributed by atoms with Crippen LogP contribution in [0.4, 0.5) is 0 Å². The predicted octanol–water partition coefficient (Wildman–Crippen LogP) is 2.57. The highest BCUT2D eigenvalue weighted by atomic mass is 32.2. The Hall–Kier alpha value is -3.05. The van der Waals surface area contributed by atoms with Crippen LogP contribution in [-0.2, 0) is 23.4 Å². The Morgan fingerprint density at radius 1 is 1.24 bits per heavy atom. The lowest BCUT2D eigenvalue weighted by molar-refractivity contribution is -0.123. The molecule has 0 radical (unpaired) electrons. The lowest BCUT2D eigenvalue weighted by atomic mass is 10.0. The number of hydrogen-bond acceptors (Lipinski definition) is 8. The second-order valence-corrected chi connectivity index (χ2v) is 10.1. The van der Waals surface area contributed by atoms with Crippen molar-refractivity contribution >= 4 is 34.9 Å². The van der Waals surface area contributed by atoms with E-state index in [1.807, 2.05) is 26.0 Å². The van der Waals surface area contributed by atoms with Crippen molar-refractivity contribution in [2.45, 2.75) is 50.1 Å². The fourth-order valence-electron chi connectivity index (χ4n) is 3.68. The largest absolute Gasteiger partial charge is 0.357 e. The molecule has 0 spiro atoms. The zero-order valence-electron chi connectivity index (χ0n) is 19.2. The van der Waals surface area contributed by atoms with Gasteiger partial charge in [-0.2, -0.15) is 0 Å². The summed E-state index contributed by atoms with van der Waals surface area (Å²) >= 11 is 2.79. The predicted molar refractivity (Wildman–Crippen MR) is 132 cm³/mol. The number of fused-ring (bicyclic) bond motifs is 1. The fourth-order valence-corrected chi connectivity index (χ4v) is 5.27. The van der Waals surface area contributed by atoms with Crippen LogP contribution in [0.1, 0.15) is 47.7 Å². The quantitative estimate of drug-likeness (QED) is 0.321. The van der Waals surface area contributed by atoms with Gasteiger partial charge in [-0.05, 0) is 37.3 Å². The van der Waals surface area contributed by atoms with Crippen molar-refractivity contribution in [2.24, 2.45) is 5.92 Å². The molecule has 0 aliphatic heterocycles. The number of thioether (sulfide) groups is 1. The van der Waals surface area contributed by atoms with Gasteiger partial charge in [0.05, 0.1) is 11.4 Å². The van der Waals surface area contributed by atoms with E-state index < -0.39 is 6.04 Å². The number of aromatic nitrogens is 4. The van der Waals surface area contributed by atoms with Crippen LogP contribution in [0.3, 0.4) is 0 Å². The second kappa shape index (κ2) is 10.5. The molecule has 3 aromatic heterocycles. The van der Waals surface area contributed by atoms with Crippen LogP contribution >= 0.6 is 23.1 Å². The zero-order valence-corrected chi connectivity index (χ0v) is 20.8. The van der Waals surface area contributed by atoms with Gasteiger partial charge in [-0.1, -0.05) is 25.6 Å². The molecule has 3 N–H and O–H groups in total. The Morgan fingerprint density at radius 2 is 2.06 bits per heavy atom. The number of thiazole rings is 1. The Balaban J connectivity index is 1.39. The third kappa shape index (κ3) is 5.36. The van der Waals surface area contributed by atoms with Crippen molar-refractivity contribution in [3.63, 3.8) is 0 Å². The van der Waals surface area contributed by atoms with E-state index in [0.717, 1.165) is 41.8 Å². The third-order valence-electron chi connectivity index (χ3n) is 5.57. The SMILES string of the molecule is CNC(=O)[C@@H](NC(=O)c1csc(-c2ccc(CSc3nc4c(c(=O)[nH]3)CCC4)nc2)n1)C(C)C. The van der Waals surface area contributed by atoms with Crippen LogP contribution < -0.4 is 16.2 Å². The van der Waals surface area contributed by atoms with Crippen LogP contribution in [0.25, 0.3) is 10.6 Å². The average molecular weight is 499 g/mol. The monoisotopic (exact) mass is 498 g/mol. The molecule has 34 heavy (non-hydrogen) atoms. The highest BCUT2D eigenvalue weighted by Gasteiger charge is 2.25. The van der Waals surface area contributed by atoms with E-state index in [9.17, 15) is 14.4 Å². The van der Waals surface area contributed by atoms with Crippen LogP contribution in [0.15, 0.2) is 33.7 Å². The number of carbonyl (C=O) groups excluding carboxylic acids is 2. The minimum atomic E-state index is -0.629. The third-order valence-corrected chi connectivity index (χ3v) is 7.37. The van der Waals surface area contributed by atoms with Crippen molar-refractivity contribution in [1.29, 1.82) is 0 Å². The standard InChI is InChI=1S/C23H26N6O3S2/c1-12(2)18(21(32)24-3)28-20(31)17-11-33-22(26-17)13-7-8-14(25-9-13)10-34-23-27-16-6-4-5-15(16)19(30)29-23/h7-9,11-12,18H,4-6,10H2,1-3H3,(H,24,32)(H,28,31)(H,27,29,30)/t18-/m0/s1. The number of rotatable bonds is 8. The van der Waals surface area contributed by atoms with E-state index in [1.165, 1.54) is 23.1 Å². The minimum Gasteiger partial charge on any atom is -0.357 e. The van der Waals surface area contributed by atoms with E-state index in [0.29, 0.717) is 15.9 Å². The van der Waals surface area contributed by atoms with Gasteiger partial charge in [-0.3, -0.25) is 19.4 Å². The number of aryl methyl sites for hydroxylation is 1. The smallest absolute Gasteiger partial charge is 0.271 e. The van der Waals surface area contributed by atoms with Gasteiger partial charge in [-0.15, -0.1) is 11.3 Å². The van der Waals surface area contributed by atoms with Gasteiger partial charge >= 0.3 is 0 Å². The van der Waals surface area contributed by atoms with Crippen molar-refractivity contribution in [1.82, 2.24) is 30.6 Å². The number of nitrogens with one attached hydrogen (secondary N) is 3.